The lowest BCUT2D eigenvalue weighted by Crippen LogP contribution is -2.27. The van der Waals surface area contributed by atoms with Crippen molar-refractivity contribution in [2.24, 2.45) is 11.1 Å². The van der Waals surface area contributed by atoms with E-state index in [1.54, 1.807) is 12.1 Å². The Morgan fingerprint density at radius 2 is 2.06 bits per heavy atom. The van der Waals surface area contributed by atoms with Crippen molar-refractivity contribution in [1.82, 2.24) is 0 Å². The molecule has 0 radical (unpaired) electrons. The standard InChI is InChI=1S/C12H11NO4/c14-11(13-17)10(12(15)16)9-6-5-7-3-1-2-4-8(7)9/h1-4,9-10H,5-6H2,(H,15,16). The summed E-state index contributed by atoms with van der Waals surface area (Å²) in [5.41, 5.74) is 1.89. The Bertz CT molecular complexity index is 483. The summed E-state index contributed by atoms with van der Waals surface area (Å²) in [6.45, 7) is 0. The number of aryl methyl sites for hydroxylation is 1. The molecule has 1 aromatic carbocycles. The van der Waals surface area contributed by atoms with Crippen LogP contribution in [0.1, 0.15) is 23.5 Å². The summed E-state index contributed by atoms with van der Waals surface area (Å²) in [4.78, 5) is 32.6. The van der Waals surface area contributed by atoms with E-state index in [0.29, 0.717) is 6.42 Å². The van der Waals surface area contributed by atoms with E-state index >= 15 is 0 Å². The van der Waals surface area contributed by atoms with Crippen molar-refractivity contribution in [1.29, 1.82) is 0 Å². The van der Waals surface area contributed by atoms with Crippen LogP contribution >= 0.6 is 0 Å². The summed E-state index contributed by atoms with van der Waals surface area (Å²) in [7, 11) is 0. The zero-order valence-corrected chi connectivity index (χ0v) is 9.00. The lowest BCUT2D eigenvalue weighted by Gasteiger charge is -2.16. The lowest BCUT2D eigenvalue weighted by atomic mass is 9.87. The van der Waals surface area contributed by atoms with E-state index in [1.165, 1.54) is 0 Å². The van der Waals surface area contributed by atoms with Gasteiger partial charge in [-0.3, -0.25) is 9.59 Å². The smallest absolute Gasteiger partial charge is 0.316 e. The first-order valence-corrected chi connectivity index (χ1v) is 5.33. The molecular weight excluding hydrogens is 222 g/mol. The zero-order valence-electron chi connectivity index (χ0n) is 9.00. The number of carboxylic acid groups (broad SMARTS) is 1. The third kappa shape index (κ3) is 1.95. The monoisotopic (exact) mass is 233 g/mol. The highest BCUT2D eigenvalue weighted by Crippen LogP contribution is 2.38. The number of nitrogens with zero attached hydrogens (tertiary/aromatic N) is 1. The van der Waals surface area contributed by atoms with Crippen LogP contribution in [0.15, 0.2) is 29.4 Å². The number of hydrogen-bond donors (Lipinski definition) is 1. The molecule has 0 aromatic heterocycles. The third-order valence-electron chi connectivity index (χ3n) is 3.20. The van der Waals surface area contributed by atoms with Gasteiger partial charge in [-0.1, -0.05) is 24.3 Å². The van der Waals surface area contributed by atoms with Crippen LogP contribution in [0.25, 0.3) is 0 Å². The van der Waals surface area contributed by atoms with Crippen LogP contribution < -0.4 is 0 Å². The van der Waals surface area contributed by atoms with Gasteiger partial charge < -0.3 is 5.11 Å². The molecule has 2 rings (SSSR count). The topological polar surface area (TPSA) is 83.8 Å². The summed E-state index contributed by atoms with van der Waals surface area (Å²) in [5, 5.41) is 11.3. The van der Waals surface area contributed by atoms with Crippen molar-refractivity contribution in [3.05, 3.63) is 40.3 Å². The molecule has 1 N–H and O–H groups in total. The highest BCUT2D eigenvalue weighted by Gasteiger charge is 2.39. The number of rotatable bonds is 3. The molecule has 0 spiro atoms. The average Bonchev–Trinajstić information content (AvgIpc) is 2.73. The van der Waals surface area contributed by atoms with Crippen molar-refractivity contribution in [3.63, 3.8) is 0 Å². The van der Waals surface area contributed by atoms with E-state index in [4.69, 9.17) is 5.11 Å². The van der Waals surface area contributed by atoms with E-state index in [0.717, 1.165) is 17.5 Å². The van der Waals surface area contributed by atoms with Crippen LogP contribution in [0.3, 0.4) is 0 Å². The molecule has 2 atom stereocenters. The maximum absolute atomic E-state index is 11.3. The van der Waals surface area contributed by atoms with Crippen LogP contribution in [-0.2, 0) is 16.0 Å². The number of benzene rings is 1. The Kier molecular flexibility index (Phi) is 2.99. The van der Waals surface area contributed by atoms with Crippen molar-refractivity contribution < 1.29 is 14.7 Å². The first-order valence-electron chi connectivity index (χ1n) is 5.33. The van der Waals surface area contributed by atoms with E-state index in [-0.39, 0.29) is 0 Å². The minimum absolute atomic E-state index is 0.436. The van der Waals surface area contributed by atoms with Gasteiger partial charge in [0, 0.05) is 11.1 Å². The minimum Gasteiger partial charge on any atom is -0.481 e. The van der Waals surface area contributed by atoms with E-state index in [2.05, 4.69) is 5.18 Å². The van der Waals surface area contributed by atoms with Gasteiger partial charge in [-0.25, -0.2) is 0 Å². The minimum atomic E-state index is -1.35. The Balaban J connectivity index is 2.37. The van der Waals surface area contributed by atoms with Crippen LogP contribution in [0, 0.1) is 10.8 Å². The summed E-state index contributed by atoms with van der Waals surface area (Å²) in [6, 6.07) is 7.39. The number of aliphatic carboxylic acids is 1. The van der Waals surface area contributed by atoms with Gasteiger partial charge >= 0.3 is 11.9 Å². The number of hydrogen-bond acceptors (Lipinski definition) is 3. The van der Waals surface area contributed by atoms with Gasteiger partial charge in [-0.15, -0.1) is 4.91 Å². The number of amides is 1. The molecule has 2 unspecified atom stereocenters. The first kappa shape index (κ1) is 11.4. The van der Waals surface area contributed by atoms with E-state index in [9.17, 15) is 14.5 Å². The zero-order chi connectivity index (χ0) is 12.4. The normalized spacial score (nSPS) is 19.4. The summed E-state index contributed by atoms with van der Waals surface area (Å²) in [5.74, 6) is -4.17. The second-order valence-electron chi connectivity index (χ2n) is 4.09. The van der Waals surface area contributed by atoms with Gasteiger partial charge in [0.1, 0.15) is 5.92 Å². The quantitative estimate of drug-likeness (QED) is 0.636. The Labute approximate surface area is 97.4 Å². The molecule has 1 amide bonds. The highest BCUT2D eigenvalue weighted by molar-refractivity contribution is 5.98. The first-order chi connectivity index (χ1) is 8.15. The maximum Gasteiger partial charge on any atom is 0.316 e. The summed E-state index contributed by atoms with van der Waals surface area (Å²) in [6.07, 6.45) is 1.30. The fourth-order valence-electron chi connectivity index (χ4n) is 2.44. The molecular formula is C12H11NO4. The van der Waals surface area contributed by atoms with Gasteiger partial charge in [-0.05, 0) is 24.0 Å². The van der Waals surface area contributed by atoms with Crippen molar-refractivity contribution in [3.8, 4) is 0 Å². The van der Waals surface area contributed by atoms with Crippen LogP contribution in [0.5, 0.6) is 0 Å². The number of carboxylic acids is 1. The molecule has 0 saturated heterocycles. The fraction of sp³-hybridized carbons (Fsp3) is 0.333. The summed E-state index contributed by atoms with van der Waals surface area (Å²) >= 11 is 0. The molecule has 88 valence electrons. The molecule has 0 aliphatic heterocycles. The lowest BCUT2D eigenvalue weighted by molar-refractivity contribution is -0.147. The Morgan fingerprint density at radius 1 is 1.35 bits per heavy atom. The van der Waals surface area contributed by atoms with Gasteiger partial charge in [0.25, 0.3) is 0 Å². The molecule has 0 saturated carbocycles. The van der Waals surface area contributed by atoms with Gasteiger partial charge in [-0.2, -0.15) is 0 Å². The van der Waals surface area contributed by atoms with E-state index < -0.39 is 23.7 Å². The maximum atomic E-state index is 11.3. The molecule has 5 nitrogen and oxygen atoms in total. The highest BCUT2D eigenvalue weighted by atomic mass is 16.4. The predicted octanol–water partition coefficient (Wildman–Crippen LogP) is 1.71. The molecule has 0 heterocycles. The molecule has 1 aromatic rings. The molecule has 0 fully saturated rings. The fourth-order valence-corrected chi connectivity index (χ4v) is 2.44. The van der Waals surface area contributed by atoms with Crippen LogP contribution in [0.4, 0.5) is 0 Å². The molecule has 5 heteroatoms. The molecule has 1 aliphatic rings. The largest absolute Gasteiger partial charge is 0.481 e. The second-order valence-corrected chi connectivity index (χ2v) is 4.09. The Hall–Kier alpha value is -2.04. The molecule has 1 aliphatic carbocycles. The van der Waals surface area contributed by atoms with Gasteiger partial charge in [0.2, 0.25) is 0 Å². The van der Waals surface area contributed by atoms with Crippen molar-refractivity contribution in [2.45, 2.75) is 18.8 Å². The van der Waals surface area contributed by atoms with Crippen molar-refractivity contribution in [2.75, 3.05) is 0 Å². The van der Waals surface area contributed by atoms with Crippen LogP contribution in [0.2, 0.25) is 0 Å². The average molecular weight is 233 g/mol. The van der Waals surface area contributed by atoms with E-state index in [1.807, 2.05) is 12.1 Å². The van der Waals surface area contributed by atoms with Gasteiger partial charge in [0.05, 0.1) is 0 Å². The van der Waals surface area contributed by atoms with Crippen LogP contribution in [-0.4, -0.2) is 17.0 Å². The number of fused-ring (bicyclic) bond motifs is 1. The SMILES string of the molecule is O=NC(=O)C(C(=O)O)C1CCc2ccccc21. The summed E-state index contributed by atoms with van der Waals surface area (Å²) < 4.78 is 0. The second kappa shape index (κ2) is 4.45. The molecule has 17 heavy (non-hydrogen) atoms. The molecule has 0 bridgehead atoms. The Morgan fingerprint density at radius 3 is 2.71 bits per heavy atom. The number of carbonyl (C=O) groups is 2. The van der Waals surface area contributed by atoms with Crippen molar-refractivity contribution >= 4 is 11.9 Å². The number of nitroso groups, excluding NO2 is 1. The third-order valence-corrected chi connectivity index (χ3v) is 3.20. The predicted molar refractivity (Wildman–Crippen MR) is 59.4 cm³/mol. The van der Waals surface area contributed by atoms with Gasteiger partial charge in [0.15, 0.2) is 0 Å². The number of carbonyl (C=O) groups excluding carboxylic acids is 1.